The maximum Gasteiger partial charge on any atom is 0.189 e. The Hall–Kier alpha value is -1.13. The molecule has 0 heterocycles. The number of benzene rings is 1. The normalized spacial score (nSPS) is 16.9. The second kappa shape index (κ2) is 5.47. The molecule has 17 heavy (non-hydrogen) atoms. The largest absolute Gasteiger partial charge is 0.467 e. The second-order valence-corrected chi connectivity index (χ2v) is 4.55. The van der Waals surface area contributed by atoms with Crippen molar-refractivity contribution in [3.8, 4) is 5.75 Å². The average Bonchev–Trinajstić information content (AvgIpc) is 3.09. The Bertz CT molecular complexity index is 378. The first-order chi connectivity index (χ1) is 8.16. The zero-order valence-corrected chi connectivity index (χ0v) is 9.99. The smallest absolute Gasteiger partial charge is 0.189 e. The van der Waals surface area contributed by atoms with Crippen LogP contribution in [0.25, 0.3) is 0 Å². The maximum absolute atomic E-state index is 13.1. The predicted octanol–water partition coefficient (Wildman–Crippen LogP) is 2.61. The number of ether oxygens (including phenoxy) is 2. The van der Waals surface area contributed by atoms with Gasteiger partial charge < -0.3 is 15.2 Å². The van der Waals surface area contributed by atoms with Gasteiger partial charge in [-0.25, -0.2) is 4.39 Å². The molecule has 0 spiro atoms. The summed E-state index contributed by atoms with van der Waals surface area (Å²) in [6, 6.07) is 4.10. The molecule has 0 aromatic heterocycles. The summed E-state index contributed by atoms with van der Waals surface area (Å²) in [4.78, 5) is 0. The van der Waals surface area contributed by atoms with Gasteiger partial charge >= 0.3 is 0 Å². The third-order valence-corrected chi connectivity index (χ3v) is 2.81. The van der Waals surface area contributed by atoms with Gasteiger partial charge in [-0.1, -0.05) is 0 Å². The van der Waals surface area contributed by atoms with Crippen molar-refractivity contribution in [3.63, 3.8) is 0 Å². The minimum Gasteiger partial charge on any atom is -0.467 e. The Kier molecular flexibility index (Phi) is 3.97. The lowest BCUT2D eigenvalue weighted by atomic mass is 10.1. The molecule has 1 atom stereocenters. The lowest BCUT2D eigenvalue weighted by molar-refractivity contribution is 0.00929. The van der Waals surface area contributed by atoms with E-state index in [1.165, 1.54) is 25.0 Å². The fourth-order valence-electron chi connectivity index (χ4n) is 1.61. The number of nitrogens with two attached hydrogens (primary N) is 1. The molecule has 1 aromatic carbocycles. The quantitative estimate of drug-likeness (QED) is 0.613. The second-order valence-electron chi connectivity index (χ2n) is 4.55. The maximum atomic E-state index is 13.1. The van der Waals surface area contributed by atoms with Crippen LogP contribution in [0.4, 0.5) is 4.39 Å². The number of halogens is 1. The lowest BCUT2D eigenvalue weighted by Crippen LogP contribution is -2.11. The number of hydrogen-bond donors (Lipinski definition) is 1. The summed E-state index contributed by atoms with van der Waals surface area (Å²) in [5, 5.41) is 0. The Balaban J connectivity index is 1.89. The zero-order valence-electron chi connectivity index (χ0n) is 9.99. The first kappa shape index (κ1) is 12.3. The van der Waals surface area contributed by atoms with Crippen molar-refractivity contribution in [1.29, 1.82) is 0 Å². The SMILES string of the molecule is C[C@@H](N)c1cc(F)ccc1OCOCC1CC1. The van der Waals surface area contributed by atoms with Crippen LogP contribution in [-0.4, -0.2) is 13.4 Å². The lowest BCUT2D eigenvalue weighted by Gasteiger charge is -2.14. The third kappa shape index (κ3) is 3.68. The molecule has 1 aliphatic carbocycles. The van der Waals surface area contributed by atoms with E-state index in [1.54, 1.807) is 13.0 Å². The van der Waals surface area contributed by atoms with Crippen molar-refractivity contribution in [2.75, 3.05) is 13.4 Å². The van der Waals surface area contributed by atoms with E-state index in [9.17, 15) is 4.39 Å². The van der Waals surface area contributed by atoms with Gasteiger partial charge in [0.25, 0.3) is 0 Å². The molecule has 2 rings (SSSR count). The summed E-state index contributed by atoms with van der Waals surface area (Å²) < 4.78 is 23.9. The van der Waals surface area contributed by atoms with Crippen LogP contribution in [0.5, 0.6) is 5.75 Å². The molecule has 0 amide bonds. The highest BCUT2D eigenvalue weighted by Crippen LogP contribution is 2.29. The van der Waals surface area contributed by atoms with Crippen molar-refractivity contribution in [1.82, 2.24) is 0 Å². The molecule has 1 saturated carbocycles. The van der Waals surface area contributed by atoms with Crippen molar-refractivity contribution < 1.29 is 13.9 Å². The van der Waals surface area contributed by atoms with Crippen LogP contribution in [0, 0.1) is 11.7 Å². The molecule has 1 fully saturated rings. The minimum absolute atomic E-state index is 0.196. The van der Waals surface area contributed by atoms with Crippen LogP contribution in [0.2, 0.25) is 0 Å². The molecule has 1 aliphatic rings. The molecule has 4 heteroatoms. The summed E-state index contributed by atoms with van der Waals surface area (Å²) in [5.74, 6) is 1.00. The van der Waals surface area contributed by atoms with Crippen LogP contribution in [0.15, 0.2) is 18.2 Å². The molecular weight excluding hydrogens is 221 g/mol. The molecule has 2 N–H and O–H groups in total. The van der Waals surface area contributed by atoms with E-state index in [-0.39, 0.29) is 18.7 Å². The molecule has 0 aliphatic heterocycles. The Morgan fingerprint density at radius 2 is 2.24 bits per heavy atom. The third-order valence-electron chi connectivity index (χ3n) is 2.81. The summed E-state index contributed by atoms with van der Waals surface area (Å²) >= 11 is 0. The van der Waals surface area contributed by atoms with Gasteiger partial charge in [-0.3, -0.25) is 0 Å². The van der Waals surface area contributed by atoms with Crippen LogP contribution in [0.1, 0.15) is 31.4 Å². The van der Waals surface area contributed by atoms with E-state index in [2.05, 4.69) is 0 Å². The van der Waals surface area contributed by atoms with Gasteiger partial charge in [0.2, 0.25) is 0 Å². The predicted molar refractivity (Wildman–Crippen MR) is 63.2 cm³/mol. The molecule has 0 saturated heterocycles. The molecular formula is C13H18FNO2. The highest BCUT2D eigenvalue weighted by Gasteiger charge is 2.21. The fourth-order valence-corrected chi connectivity index (χ4v) is 1.61. The van der Waals surface area contributed by atoms with E-state index in [1.807, 2.05) is 0 Å². The van der Waals surface area contributed by atoms with Gasteiger partial charge in [0, 0.05) is 11.6 Å². The van der Waals surface area contributed by atoms with Crippen LogP contribution in [0.3, 0.4) is 0 Å². The average molecular weight is 239 g/mol. The molecule has 1 aromatic rings. The van der Waals surface area contributed by atoms with Gasteiger partial charge in [0.15, 0.2) is 6.79 Å². The zero-order chi connectivity index (χ0) is 12.3. The van der Waals surface area contributed by atoms with Crippen LogP contribution < -0.4 is 10.5 Å². The van der Waals surface area contributed by atoms with Crippen molar-refractivity contribution >= 4 is 0 Å². The molecule has 0 bridgehead atoms. The molecule has 0 radical (unpaired) electrons. The Labute approximate surface area is 101 Å². The van der Waals surface area contributed by atoms with Gasteiger partial charge in [-0.2, -0.15) is 0 Å². The summed E-state index contributed by atoms with van der Waals surface area (Å²) in [5.41, 5.74) is 6.43. The summed E-state index contributed by atoms with van der Waals surface area (Å²) in [6.45, 7) is 2.74. The first-order valence-electron chi connectivity index (χ1n) is 5.92. The monoisotopic (exact) mass is 239 g/mol. The van der Waals surface area contributed by atoms with E-state index in [4.69, 9.17) is 15.2 Å². The molecule has 0 unspecified atom stereocenters. The van der Waals surface area contributed by atoms with E-state index >= 15 is 0 Å². The van der Waals surface area contributed by atoms with E-state index in [0.29, 0.717) is 17.2 Å². The highest BCUT2D eigenvalue weighted by molar-refractivity contribution is 5.35. The van der Waals surface area contributed by atoms with Gasteiger partial charge in [0.05, 0.1) is 6.61 Å². The Morgan fingerprint density at radius 1 is 1.47 bits per heavy atom. The number of hydrogen-bond acceptors (Lipinski definition) is 3. The topological polar surface area (TPSA) is 44.5 Å². The summed E-state index contributed by atoms with van der Waals surface area (Å²) in [6.07, 6.45) is 2.50. The van der Waals surface area contributed by atoms with Crippen LogP contribution in [-0.2, 0) is 4.74 Å². The summed E-state index contributed by atoms with van der Waals surface area (Å²) in [7, 11) is 0. The molecule has 3 nitrogen and oxygen atoms in total. The standard InChI is InChI=1S/C13H18FNO2/c1-9(15)12-6-11(14)4-5-13(12)17-8-16-7-10-2-3-10/h4-6,9-10H,2-3,7-8,15H2,1H3/t9-/m1/s1. The van der Waals surface area contributed by atoms with Crippen molar-refractivity contribution in [2.45, 2.75) is 25.8 Å². The van der Waals surface area contributed by atoms with E-state index < -0.39 is 0 Å². The van der Waals surface area contributed by atoms with Gasteiger partial charge in [0.1, 0.15) is 11.6 Å². The minimum atomic E-state index is -0.302. The van der Waals surface area contributed by atoms with Gasteiger partial charge in [-0.05, 0) is 43.9 Å². The molecule has 94 valence electrons. The van der Waals surface area contributed by atoms with Crippen molar-refractivity contribution in [3.05, 3.63) is 29.6 Å². The van der Waals surface area contributed by atoms with Crippen LogP contribution >= 0.6 is 0 Å². The van der Waals surface area contributed by atoms with E-state index in [0.717, 1.165) is 6.61 Å². The number of rotatable bonds is 6. The van der Waals surface area contributed by atoms with Gasteiger partial charge in [-0.15, -0.1) is 0 Å². The Morgan fingerprint density at radius 3 is 2.88 bits per heavy atom. The fraction of sp³-hybridized carbons (Fsp3) is 0.538. The first-order valence-corrected chi connectivity index (χ1v) is 5.92. The van der Waals surface area contributed by atoms with Crippen molar-refractivity contribution in [2.24, 2.45) is 11.7 Å². The highest BCUT2D eigenvalue weighted by atomic mass is 19.1.